The Balaban J connectivity index is 0.918. The van der Waals surface area contributed by atoms with Gasteiger partial charge >= 0.3 is 0 Å². The molecule has 0 N–H and O–H groups in total. The summed E-state index contributed by atoms with van der Waals surface area (Å²) in [4.78, 5) is 2.39. The number of benzene rings is 10. The van der Waals surface area contributed by atoms with E-state index in [1.54, 1.807) is 0 Å². The highest BCUT2D eigenvalue weighted by Gasteiger charge is 2.51. The molecule has 0 saturated heterocycles. The Morgan fingerprint density at radius 3 is 1.76 bits per heavy atom. The molecule has 11 aromatic rings. The first kappa shape index (κ1) is 37.2. The lowest BCUT2D eigenvalue weighted by atomic mass is 9.65. The first-order chi connectivity index (χ1) is 32.5. The maximum atomic E-state index is 2.52. The van der Waals surface area contributed by atoms with Gasteiger partial charge in [0.2, 0.25) is 0 Å². The third kappa shape index (κ3) is 4.91. The molecule has 3 aliphatic rings. The Bertz CT molecular complexity index is 3800. The summed E-state index contributed by atoms with van der Waals surface area (Å²) in [5.74, 6) is 0. The van der Waals surface area contributed by atoms with Crippen molar-refractivity contribution in [2.75, 3.05) is 4.90 Å². The van der Waals surface area contributed by atoms with Crippen LogP contribution in [-0.4, -0.2) is 4.57 Å². The molecule has 14 rings (SSSR count). The first-order valence-corrected chi connectivity index (χ1v) is 23.2. The van der Waals surface area contributed by atoms with Crippen LogP contribution in [-0.2, 0) is 10.8 Å². The average Bonchev–Trinajstić information content (AvgIpc) is 3.96. The summed E-state index contributed by atoms with van der Waals surface area (Å²) >= 11 is 0. The topological polar surface area (TPSA) is 8.17 Å². The molecular weight excluding hydrogens is 797 g/mol. The number of aromatic nitrogens is 1. The van der Waals surface area contributed by atoms with E-state index < -0.39 is 5.41 Å². The van der Waals surface area contributed by atoms with Crippen molar-refractivity contribution in [1.29, 1.82) is 0 Å². The minimum atomic E-state index is -0.505. The van der Waals surface area contributed by atoms with E-state index >= 15 is 0 Å². The summed E-state index contributed by atoms with van der Waals surface area (Å²) in [7, 11) is 0. The van der Waals surface area contributed by atoms with Gasteiger partial charge in [0.05, 0.1) is 22.1 Å². The monoisotopic (exact) mass is 840 g/mol. The Hall–Kier alpha value is -8.20. The molecular formula is C64H44N2. The zero-order chi connectivity index (χ0) is 43.7. The summed E-state index contributed by atoms with van der Waals surface area (Å²) in [6.45, 7) is 4.74. The van der Waals surface area contributed by atoms with Crippen molar-refractivity contribution < 1.29 is 0 Å². The molecule has 310 valence electrons. The molecule has 1 unspecified atom stereocenters. The maximum Gasteiger partial charge on any atom is 0.0754 e. The predicted octanol–water partition coefficient (Wildman–Crippen LogP) is 16.6. The third-order valence-corrected chi connectivity index (χ3v) is 15.2. The fraction of sp³-hybridized carbons (Fsp3) is 0.0625. The normalized spacial score (nSPS) is 15.6. The van der Waals surface area contributed by atoms with Gasteiger partial charge in [0.1, 0.15) is 0 Å². The van der Waals surface area contributed by atoms with Crippen molar-refractivity contribution in [2.45, 2.75) is 24.7 Å². The number of rotatable bonds is 5. The van der Waals surface area contributed by atoms with E-state index in [0.29, 0.717) is 0 Å². The van der Waals surface area contributed by atoms with E-state index in [2.05, 4.69) is 254 Å². The number of nitrogens with zero attached hydrogens (tertiary/aromatic N) is 2. The van der Waals surface area contributed by atoms with Crippen LogP contribution >= 0.6 is 0 Å². The third-order valence-electron chi connectivity index (χ3n) is 15.2. The first-order valence-electron chi connectivity index (χ1n) is 23.2. The van der Waals surface area contributed by atoms with Crippen LogP contribution in [0.1, 0.15) is 47.2 Å². The van der Waals surface area contributed by atoms with E-state index in [1.165, 1.54) is 105 Å². The Labute approximate surface area is 385 Å². The predicted molar refractivity (Wildman–Crippen MR) is 275 cm³/mol. The molecule has 2 heterocycles. The van der Waals surface area contributed by atoms with Gasteiger partial charge in [-0.05, 0) is 132 Å². The van der Waals surface area contributed by atoms with Crippen LogP contribution in [0, 0.1) is 0 Å². The van der Waals surface area contributed by atoms with Crippen molar-refractivity contribution in [3.8, 4) is 50.2 Å². The van der Waals surface area contributed by atoms with Crippen LogP contribution in [0.25, 0.3) is 72.0 Å². The highest BCUT2D eigenvalue weighted by molar-refractivity contribution is 6.13. The summed E-state index contributed by atoms with van der Waals surface area (Å²) in [6.07, 6.45) is 0. The van der Waals surface area contributed by atoms with E-state index in [9.17, 15) is 0 Å². The van der Waals surface area contributed by atoms with Crippen molar-refractivity contribution in [3.63, 3.8) is 0 Å². The molecule has 10 aromatic carbocycles. The zero-order valence-corrected chi connectivity index (χ0v) is 36.8. The lowest BCUT2D eigenvalue weighted by Crippen LogP contribution is -2.33. The molecule has 1 aromatic heterocycles. The number of hydrogen-bond acceptors (Lipinski definition) is 1. The summed E-state index contributed by atoms with van der Waals surface area (Å²) in [6, 6.07) is 86.1. The van der Waals surface area contributed by atoms with E-state index in [0.717, 1.165) is 17.1 Å². The minimum absolute atomic E-state index is 0.0919. The van der Waals surface area contributed by atoms with Gasteiger partial charge in [-0.1, -0.05) is 190 Å². The van der Waals surface area contributed by atoms with Crippen molar-refractivity contribution in [2.24, 2.45) is 0 Å². The molecule has 2 nitrogen and oxygen atoms in total. The zero-order valence-electron chi connectivity index (χ0n) is 36.8. The highest BCUT2D eigenvalue weighted by atomic mass is 15.1. The SMILES string of the molecule is CC1(C)c2ccccc2-c2cccc(-c3ccc(N(c4ccccc4)c4cccc(-c5ccc6c(c5)C5(c7ccccc7-6)c6ccccc6-n6c7ccccc7c7cccc5c76)c4)cc3)c21. The largest absolute Gasteiger partial charge is 0.310 e. The molecule has 2 heteroatoms. The average molecular weight is 841 g/mol. The van der Waals surface area contributed by atoms with Gasteiger partial charge in [-0.15, -0.1) is 0 Å². The van der Waals surface area contributed by atoms with Crippen molar-refractivity contribution >= 4 is 38.9 Å². The molecule has 1 aliphatic heterocycles. The highest BCUT2D eigenvalue weighted by Crippen LogP contribution is 2.61. The minimum Gasteiger partial charge on any atom is -0.310 e. The molecule has 1 atom stereocenters. The maximum absolute atomic E-state index is 2.52. The van der Waals surface area contributed by atoms with Crippen LogP contribution in [0.3, 0.4) is 0 Å². The van der Waals surface area contributed by atoms with E-state index in [4.69, 9.17) is 0 Å². The molecule has 0 fully saturated rings. The number of anilines is 3. The van der Waals surface area contributed by atoms with Gasteiger partial charge in [0, 0.05) is 33.2 Å². The number of para-hydroxylation sites is 4. The van der Waals surface area contributed by atoms with Crippen molar-refractivity contribution in [1.82, 2.24) is 4.57 Å². The quantitative estimate of drug-likeness (QED) is 0.168. The number of hydrogen-bond donors (Lipinski definition) is 0. The molecule has 0 bridgehead atoms. The molecule has 0 amide bonds. The fourth-order valence-corrected chi connectivity index (χ4v) is 12.5. The van der Waals surface area contributed by atoms with Crippen LogP contribution < -0.4 is 4.90 Å². The van der Waals surface area contributed by atoms with Gasteiger partial charge in [-0.3, -0.25) is 0 Å². The van der Waals surface area contributed by atoms with E-state index in [-0.39, 0.29) is 5.41 Å². The van der Waals surface area contributed by atoms with Crippen LogP contribution in [0.2, 0.25) is 0 Å². The second-order valence-corrected chi connectivity index (χ2v) is 18.8. The molecule has 2 aliphatic carbocycles. The van der Waals surface area contributed by atoms with Gasteiger partial charge in [0.15, 0.2) is 0 Å². The molecule has 1 spiro atoms. The van der Waals surface area contributed by atoms with Gasteiger partial charge in [0.25, 0.3) is 0 Å². The van der Waals surface area contributed by atoms with Gasteiger partial charge < -0.3 is 9.47 Å². The second-order valence-electron chi connectivity index (χ2n) is 18.8. The fourth-order valence-electron chi connectivity index (χ4n) is 12.5. The Morgan fingerprint density at radius 2 is 0.909 bits per heavy atom. The standard InChI is InChI=1S/C64H44N2/c1-63(2)54-27-9-6-22-49(54)52-25-15-24-47(61(52)63)41-33-36-45(37-34-41)65(44-18-4-3-5-19-44)46-20-14-17-42(39-46)43-35-38-50-48-21-7-10-28-55(48)64(58(50)40-43)56-29-11-13-32-60(56)66-59-31-12-8-23-51(59)53-26-16-30-57(64)62(53)66/h3-40H,1-2H3. The summed E-state index contributed by atoms with van der Waals surface area (Å²) in [5.41, 5.74) is 24.8. The Kier molecular flexibility index (Phi) is 7.70. The molecule has 0 radical (unpaired) electrons. The summed E-state index contributed by atoms with van der Waals surface area (Å²) < 4.78 is 2.52. The van der Waals surface area contributed by atoms with Crippen LogP contribution in [0.15, 0.2) is 231 Å². The van der Waals surface area contributed by atoms with Gasteiger partial charge in [-0.25, -0.2) is 0 Å². The van der Waals surface area contributed by atoms with E-state index in [1.807, 2.05) is 0 Å². The molecule has 0 saturated carbocycles. The number of fused-ring (bicyclic) bond motifs is 15. The van der Waals surface area contributed by atoms with Crippen molar-refractivity contribution in [3.05, 3.63) is 264 Å². The van der Waals surface area contributed by atoms with Gasteiger partial charge in [-0.2, -0.15) is 0 Å². The lowest BCUT2D eigenvalue weighted by molar-refractivity contribution is 0.662. The summed E-state index contributed by atoms with van der Waals surface area (Å²) in [5, 5.41) is 2.58. The second kappa shape index (κ2) is 13.7. The smallest absolute Gasteiger partial charge is 0.0754 e. The Morgan fingerprint density at radius 1 is 0.348 bits per heavy atom. The molecule has 66 heavy (non-hydrogen) atoms. The van der Waals surface area contributed by atoms with Crippen LogP contribution in [0.4, 0.5) is 17.1 Å². The lowest BCUT2D eigenvalue weighted by Gasteiger charge is -2.39. The van der Waals surface area contributed by atoms with Crippen LogP contribution in [0.5, 0.6) is 0 Å².